The number of hydrogen-bond acceptors (Lipinski definition) is 3. The number of rotatable bonds is 5. The molecule has 3 aromatic rings. The van der Waals surface area contributed by atoms with Crippen molar-refractivity contribution in [3.05, 3.63) is 87.9 Å². The summed E-state index contributed by atoms with van der Waals surface area (Å²) < 4.78 is 5.77. The zero-order chi connectivity index (χ0) is 19.4. The quantitative estimate of drug-likeness (QED) is 0.571. The number of amides is 1. The van der Waals surface area contributed by atoms with E-state index < -0.39 is 5.97 Å². The lowest BCUT2D eigenvalue weighted by Gasteiger charge is -2.12. The summed E-state index contributed by atoms with van der Waals surface area (Å²) >= 11 is 11.8. The van der Waals surface area contributed by atoms with E-state index >= 15 is 0 Å². The van der Waals surface area contributed by atoms with Crippen molar-refractivity contribution in [2.24, 2.45) is 0 Å². The van der Waals surface area contributed by atoms with E-state index in [1.165, 1.54) is 18.2 Å². The fourth-order valence-corrected chi connectivity index (χ4v) is 2.58. The minimum atomic E-state index is -1.02. The van der Waals surface area contributed by atoms with Crippen molar-refractivity contribution in [2.75, 3.05) is 5.32 Å². The van der Waals surface area contributed by atoms with Crippen molar-refractivity contribution in [1.82, 2.24) is 0 Å². The van der Waals surface area contributed by atoms with E-state index in [1.807, 2.05) is 0 Å². The first-order chi connectivity index (χ1) is 12.9. The zero-order valence-electron chi connectivity index (χ0n) is 13.8. The van der Waals surface area contributed by atoms with E-state index in [0.717, 1.165) is 0 Å². The summed E-state index contributed by atoms with van der Waals surface area (Å²) in [6.07, 6.45) is 0. The molecule has 2 N–H and O–H groups in total. The largest absolute Gasteiger partial charge is 0.478 e. The smallest absolute Gasteiger partial charge is 0.335 e. The number of carboxylic acid groups (broad SMARTS) is 1. The fourth-order valence-electron chi connectivity index (χ4n) is 2.28. The number of carbonyl (C=O) groups is 2. The van der Waals surface area contributed by atoms with Gasteiger partial charge in [-0.05, 0) is 54.6 Å². The number of ether oxygens (including phenoxy) is 1. The molecule has 0 atom stereocenters. The summed E-state index contributed by atoms with van der Waals surface area (Å²) in [6, 6.07) is 17.5. The van der Waals surface area contributed by atoms with E-state index in [4.69, 9.17) is 33.0 Å². The third-order valence-corrected chi connectivity index (χ3v) is 4.39. The van der Waals surface area contributed by atoms with Gasteiger partial charge in [0.2, 0.25) is 0 Å². The molecule has 0 bridgehead atoms. The SMILES string of the molecule is O=C(O)c1ccc(Oc2ccccc2NC(=O)c2ccc(Cl)c(Cl)c2)cc1. The molecule has 5 nitrogen and oxygen atoms in total. The predicted octanol–water partition coefficient (Wildman–Crippen LogP) is 5.74. The second-order valence-electron chi connectivity index (χ2n) is 5.51. The van der Waals surface area contributed by atoms with Gasteiger partial charge in [0.15, 0.2) is 5.75 Å². The van der Waals surface area contributed by atoms with Crippen molar-refractivity contribution in [3.8, 4) is 11.5 Å². The molecule has 0 spiro atoms. The van der Waals surface area contributed by atoms with Crippen LogP contribution in [0.1, 0.15) is 20.7 Å². The van der Waals surface area contributed by atoms with Crippen molar-refractivity contribution in [2.45, 2.75) is 0 Å². The summed E-state index contributed by atoms with van der Waals surface area (Å²) in [5, 5.41) is 12.4. The lowest BCUT2D eigenvalue weighted by Crippen LogP contribution is -2.12. The maximum Gasteiger partial charge on any atom is 0.335 e. The molecule has 1 amide bonds. The molecule has 0 radical (unpaired) electrons. The molecular weight excluding hydrogens is 389 g/mol. The number of anilines is 1. The molecule has 27 heavy (non-hydrogen) atoms. The molecule has 7 heteroatoms. The van der Waals surface area contributed by atoms with E-state index in [1.54, 1.807) is 48.5 Å². The Kier molecular flexibility index (Phi) is 5.64. The van der Waals surface area contributed by atoms with Crippen LogP contribution >= 0.6 is 23.2 Å². The Morgan fingerprint density at radius 2 is 1.52 bits per heavy atom. The number of nitrogens with one attached hydrogen (secondary N) is 1. The number of benzene rings is 3. The molecule has 0 unspecified atom stereocenters. The van der Waals surface area contributed by atoms with Crippen molar-refractivity contribution in [3.63, 3.8) is 0 Å². The highest BCUT2D eigenvalue weighted by Crippen LogP contribution is 2.30. The normalized spacial score (nSPS) is 10.3. The monoisotopic (exact) mass is 401 g/mol. The number of halogens is 2. The Labute approximate surface area is 165 Å². The summed E-state index contributed by atoms with van der Waals surface area (Å²) in [7, 11) is 0. The maximum absolute atomic E-state index is 12.5. The highest BCUT2D eigenvalue weighted by Gasteiger charge is 2.12. The standard InChI is InChI=1S/C20H13Cl2NO4/c21-15-10-7-13(11-16(15)22)19(24)23-17-3-1-2-4-18(17)27-14-8-5-12(6-9-14)20(25)26/h1-11H,(H,23,24)(H,25,26). The van der Waals surface area contributed by atoms with Crippen LogP contribution in [0, 0.1) is 0 Å². The topological polar surface area (TPSA) is 75.6 Å². The first-order valence-electron chi connectivity index (χ1n) is 7.80. The third-order valence-electron chi connectivity index (χ3n) is 3.65. The minimum Gasteiger partial charge on any atom is -0.478 e. The van der Waals surface area contributed by atoms with E-state index in [0.29, 0.717) is 27.8 Å². The van der Waals surface area contributed by atoms with Gasteiger partial charge < -0.3 is 15.2 Å². The number of carboxylic acids is 1. The molecule has 136 valence electrons. The lowest BCUT2D eigenvalue weighted by molar-refractivity contribution is 0.0696. The van der Waals surface area contributed by atoms with Gasteiger partial charge in [-0.3, -0.25) is 4.79 Å². The summed E-state index contributed by atoms with van der Waals surface area (Å²) in [6.45, 7) is 0. The highest BCUT2D eigenvalue weighted by atomic mass is 35.5. The summed E-state index contributed by atoms with van der Waals surface area (Å²) in [5.41, 5.74) is 0.962. The van der Waals surface area contributed by atoms with E-state index in [9.17, 15) is 9.59 Å². The molecule has 0 saturated carbocycles. The van der Waals surface area contributed by atoms with Gasteiger partial charge in [0, 0.05) is 5.56 Å². The van der Waals surface area contributed by atoms with Crippen LogP contribution in [-0.2, 0) is 0 Å². The Bertz CT molecular complexity index is 1000. The van der Waals surface area contributed by atoms with Gasteiger partial charge in [-0.15, -0.1) is 0 Å². The molecule has 3 aromatic carbocycles. The second kappa shape index (κ2) is 8.12. The van der Waals surface area contributed by atoms with Crippen LogP contribution in [-0.4, -0.2) is 17.0 Å². The Morgan fingerprint density at radius 1 is 0.852 bits per heavy atom. The van der Waals surface area contributed by atoms with Crippen molar-refractivity contribution < 1.29 is 19.4 Å². The summed E-state index contributed by atoms with van der Waals surface area (Å²) in [5.74, 6) is -0.535. The van der Waals surface area contributed by atoms with Crippen molar-refractivity contribution in [1.29, 1.82) is 0 Å². The molecule has 0 heterocycles. The second-order valence-corrected chi connectivity index (χ2v) is 6.33. The van der Waals surface area contributed by atoms with Gasteiger partial charge in [0.05, 0.1) is 21.3 Å². The average molecular weight is 402 g/mol. The predicted molar refractivity (Wildman–Crippen MR) is 104 cm³/mol. The highest BCUT2D eigenvalue weighted by molar-refractivity contribution is 6.42. The minimum absolute atomic E-state index is 0.156. The molecule has 3 rings (SSSR count). The number of para-hydroxylation sites is 2. The van der Waals surface area contributed by atoms with Crippen LogP contribution in [0.2, 0.25) is 10.0 Å². The van der Waals surface area contributed by atoms with Gasteiger partial charge in [-0.2, -0.15) is 0 Å². The van der Waals surface area contributed by atoms with Crippen LogP contribution in [0.25, 0.3) is 0 Å². The fraction of sp³-hybridized carbons (Fsp3) is 0. The van der Waals surface area contributed by atoms with E-state index in [2.05, 4.69) is 5.32 Å². The first-order valence-corrected chi connectivity index (χ1v) is 8.56. The Morgan fingerprint density at radius 3 is 2.19 bits per heavy atom. The van der Waals surface area contributed by atoms with Gasteiger partial charge in [-0.25, -0.2) is 4.79 Å². The maximum atomic E-state index is 12.5. The molecule has 0 aliphatic heterocycles. The first kappa shape index (κ1) is 18.8. The molecule has 0 aromatic heterocycles. The Balaban J connectivity index is 1.80. The number of aromatic carboxylic acids is 1. The van der Waals surface area contributed by atoms with Crippen LogP contribution in [0.15, 0.2) is 66.7 Å². The van der Waals surface area contributed by atoms with Crippen LogP contribution in [0.3, 0.4) is 0 Å². The average Bonchev–Trinajstić information content (AvgIpc) is 2.66. The molecular formula is C20H13Cl2NO4. The van der Waals surface area contributed by atoms with Gasteiger partial charge in [0.25, 0.3) is 5.91 Å². The lowest BCUT2D eigenvalue weighted by atomic mass is 10.2. The Hall–Kier alpha value is -3.02. The summed E-state index contributed by atoms with van der Waals surface area (Å²) in [4.78, 5) is 23.4. The molecule has 0 fully saturated rings. The van der Waals surface area contributed by atoms with Crippen molar-refractivity contribution >= 4 is 40.8 Å². The molecule has 0 saturated heterocycles. The van der Waals surface area contributed by atoms with Gasteiger partial charge in [-0.1, -0.05) is 35.3 Å². The van der Waals surface area contributed by atoms with Gasteiger partial charge >= 0.3 is 5.97 Å². The van der Waals surface area contributed by atoms with Crippen LogP contribution in [0.4, 0.5) is 5.69 Å². The molecule has 0 aliphatic rings. The van der Waals surface area contributed by atoms with Crippen LogP contribution < -0.4 is 10.1 Å². The van der Waals surface area contributed by atoms with Gasteiger partial charge in [0.1, 0.15) is 5.75 Å². The third kappa shape index (κ3) is 4.58. The van der Waals surface area contributed by atoms with E-state index in [-0.39, 0.29) is 16.5 Å². The number of carbonyl (C=O) groups excluding carboxylic acids is 1. The number of hydrogen-bond donors (Lipinski definition) is 2. The zero-order valence-corrected chi connectivity index (χ0v) is 15.3. The molecule has 0 aliphatic carbocycles. The van der Waals surface area contributed by atoms with Crippen LogP contribution in [0.5, 0.6) is 11.5 Å².